The van der Waals surface area contributed by atoms with E-state index in [1.54, 1.807) is 13.1 Å². The molecule has 0 bridgehead atoms. The van der Waals surface area contributed by atoms with Crippen LogP contribution in [-0.4, -0.2) is 25.4 Å². The summed E-state index contributed by atoms with van der Waals surface area (Å²) < 4.78 is 27.0. The van der Waals surface area contributed by atoms with Gasteiger partial charge in [-0.05, 0) is 25.2 Å². The Kier molecular flexibility index (Phi) is 5.00. The number of sulfonamides is 1. The standard InChI is InChI=1S/C12H12Cl2N4O2S/c1-15-7-8-9(13)3-4-10(11(8)14)21(19,20)18-12-16-5-2-6-17-12/h2-6,15H,7H2,1H3,(H,16,17,18). The van der Waals surface area contributed by atoms with Crippen molar-refractivity contribution in [3.8, 4) is 0 Å². The summed E-state index contributed by atoms with van der Waals surface area (Å²) in [5.74, 6) is -0.0290. The normalized spacial score (nSPS) is 11.4. The van der Waals surface area contributed by atoms with E-state index in [0.29, 0.717) is 17.1 Å². The Balaban J connectivity index is 2.43. The smallest absolute Gasteiger partial charge is 0.265 e. The molecule has 0 saturated carbocycles. The maximum Gasteiger partial charge on any atom is 0.265 e. The summed E-state index contributed by atoms with van der Waals surface area (Å²) in [6.07, 6.45) is 2.86. The lowest BCUT2D eigenvalue weighted by Gasteiger charge is -2.12. The van der Waals surface area contributed by atoms with Gasteiger partial charge in [-0.25, -0.2) is 23.1 Å². The number of nitrogens with zero attached hydrogens (tertiary/aromatic N) is 2. The lowest BCUT2D eigenvalue weighted by molar-refractivity contribution is 0.600. The quantitative estimate of drug-likeness (QED) is 0.867. The van der Waals surface area contributed by atoms with Crippen molar-refractivity contribution in [2.45, 2.75) is 11.4 Å². The first kappa shape index (κ1) is 16.0. The number of anilines is 1. The first-order chi connectivity index (χ1) is 9.95. The van der Waals surface area contributed by atoms with Crippen LogP contribution in [0.3, 0.4) is 0 Å². The molecule has 0 radical (unpaired) electrons. The van der Waals surface area contributed by atoms with Crippen molar-refractivity contribution in [3.05, 3.63) is 46.2 Å². The van der Waals surface area contributed by atoms with Gasteiger partial charge in [-0.3, -0.25) is 0 Å². The number of rotatable bonds is 5. The third-order valence-electron chi connectivity index (χ3n) is 2.59. The first-order valence-electron chi connectivity index (χ1n) is 5.87. The average Bonchev–Trinajstić information content (AvgIpc) is 2.43. The van der Waals surface area contributed by atoms with E-state index in [-0.39, 0.29) is 15.9 Å². The molecular formula is C12H12Cl2N4O2S. The molecule has 6 nitrogen and oxygen atoms in total. The molecule has 2 aromatic rings. The lowest BCUT2D eigenvalue weighted by Crippen LogP contribution is -2.16. The zero-order chi connectivity index (χ0) is 15.5. The molecule has 112 valence electrons. The first-order valence-corrected chi connectivity index (χ1v) is 8.11. The fourth-order valence-corrected chi connectivity index (χ4v) is 3.52. The second-order valence-corrected chi connectivity index (χ2v) is 6.48. The van der Waals surface area contributed by atoms with Crippen molar-refractivity contribution in [1.29, 1.82) is 0 Å². The molecule has 0 amide bonds. The largest absolute Gasteiger partial charge is 0.316 e. The minimum atomic E-state index is -3.89. The molecule has 9 heteroatoms. The van der Waals surface area contributed by atoms with Crippen molar-refractivity contribution < 1.29 is 8.42 Å². The van der Waals surface area contributed by atoms with Crippen LogP contribution in [0.15, 0.2) is 35.5 Å². The van der Waals surface area contributed by atoms with Gasteiger partial charge in [-0.15, -0.1) is 0 Å². The molecule has 0 atom stereocenters. The van der Waals surface area contributed by atoms with Gasteiger partial charge in [-0.1, -0.05) is 23.2 Å². The Morgan fingerprint density at radius 2 is 1.86 bits per heavy atom. The monoisotopic (exact) mass is 346 g/mol. The summed E-state index contributed by atoms with van der Waals surface area (Å²) in [4.78, 5) is 7.55. The average molecular weight is 347 g/mol. The molecule has 0 spiro atoms. The molecule has 2 rings (SSSR count). The van der Waals surface area contributed by atoms with E-state index in [4.69, 9.17) is 23.2 Å². The Labute approximate surface area is 132 Å². The second-order valence-electron chi connectivity index (χ2n) is 4.05. The number of hydrogen-bond acceptors (Lipinski definition) is 5. The predicted octanol–water partition coefficient (Wildman–Crippen LogP) is 2.30. The van der Waals surface area contributed by atoms with Crippen LogP contribution in [0.5, 0.6) is 0 Å². The second kappa shape index (κ2) is 6.57. The van der Waals surface area contributed by atoms with Crippen LogP contribution in [0.2, 0.25) is 10.0 Å². The highest BCUT2D eigenvalue weighted by Gasteiger charge is 2.22. The maximum atomic E-state index is 12.4. The zero-order valence-corrected chi connectivity index (χ0v) is 13.3. The van der Waals surface area contributed by atoms with Gasteiger partial charge in [0.05, 0.1) is 5.02 Å². The van der Waals surface area contributed by atoms with Crippen LogP contribution < -0.4 is 10.0 Å². The molecule has 1 heterocycles. The summed E-state index contributed by atoms with van der Waals surface area (Å²) in [7, 11) is -2.18. The van der Waals surface area contributed by atoms with Crippen LogP contribution in [0.25, 0.3) is 0 Å². The highest BCUT2D eigenvalue weighted by molar-refractivity contribution is 7.92. The Morgan fingerprint density at radius 3 is 2.48 bits per heavy atom. The van der Waals surface area contributed by atoms with Crippen LogP contribution >= 0.6 is 23.2 Å². The number of halogens is 2. The van der Waals surface area contributed by atoms with E-state index in [2.05, 4.69) is 20.0 Å². The summed E-state index contributed by atoms with van der Waals surface area (Å²) >= 11 is 12.2. The van der Waals surface area contributed by atoms with Gasteiger partial charge in [0.1, 0.15) is 4.90 Å². The highest BCUT2D eigenvalue weighted by Crippen LogP contribution is 2.31. The summed E-state index contributed by atoms with van der Waals surface area (Å²) in [5, 5.41) is 3.35. The molecule has 21 heavy (non-hydrogen) atoms. The Morgan fingerprint density at radius 1 is 1.19 bits per heavy atom. The predicted molar refractivity (Wildman–Crippen MR) is 82.1 cm³/mol. The number of hydrogen-bond donors (Lipinski definition) is 2. The van der Waals surface area contributed by atoms with E-state index in [1.807, 2.05) is 0 Å². The van der Waals surface area contributed by atoms with Crippen molar-refractivity contribution in [2.75, 3.05) is 11.8 Å². The Bertz CT molecular complexity index is 738. The molecule has 0 unspecified atom stereocenters. The minimum Gasteiger partial charge on any atom is -0.316 e. The molecule has 0 aliphatic carbocycles. The van der Waals surface area contributed by atoms with E-state index in [1.165, 1.54) is 24.5 Å². The van der Waals surface area contributed by atoms with Crippen molar-refractivity contribution in [1.82, 2.24) is 15.3 Å². The highest BCUT2D eigenvalue weighted by atomic mass is 35.5. The van der Waals surface area contributed by atoms with Crippen LogP contribution in [0.1, 0.15) is 5.56 Å². The van der Waals surface area contributed by atoms with Gasteiger partial charge in [0.15, 0.2) is 0 Å². The van der Waals surface area contributed by atoms with Gasteiger partial charge in [0, 0.05) is 29.5 Å². The third kappa shape index (κ3) is 3.62. The lowest BCUT2D eigenvalue weighted by atomic mass is 10.2. The van der Waals surface area contributed by atoms with Gasteiger partial charge in [0.25, 0.3) is 10.0 Å². The van der Waals surface area contributed by atoms with Gasteiger partial charge >= 0.3 is 0 Å². The molecule has 0 aliphatic rings. The fourth-order valence-electron chi connectivity index (χ4n) is 1.65. The molecular weight excluding hydrogens is 335 g/mol. The summed E-state index contributed by atoms with van der Waals surface area (Å²) in [6.45, 7) is 0.350. The minimum absolute atomic E-state index is 0.0290. The van der Waals surface area contributed by atoms with Gasteiger partial charge in [-0.2, -0.15) is 0 Å². The van der Waals surface area contributed by atoms with Gasteiger partial charge < -0.3 is 5.32 Å². The molecule has 1 aromatic carbocycles. The van der Waals surface area contributed by atoms with Gasteiger partial charge in [0.2, 0.25) is 5.95 Å². The van der Waals surface area contributed by atoms with Crippen molar-refractivity contribution in [2.24, 2.45) is 0 Å². The Hall–Kier alpha value is -1.41. The zero-order valence-electron chi connectivity index (χ0n) is 11.0. The van der Waals surface area contributed by atoms with E-state index in [9.17, 15) is 8.42 Å². The van der Waals surface area contributed by atoms with E-state index in [0.717, 1.165) is 0 Å². The van der Waals surface area contributed by atoms with E-state index >= 15 is 0 Å². The molecule has 0 fully saturated rings. The molecule has 0 aliphatic heterocycles. The summed E-state index contributed by atoms with van der Waals surface area (Å²) in [5.41, 5.74) is 0.512. The number of benzene rings is 1. The van der Waals surface area contributed by atoms with Crippen molar-refractivity contribution >= 4 is 39.2 Å². The topological polar surface area (TPSA) is 84.0 Å². The maximum absolute atomic E-state index is 12.4. The van der Waals surface area contributed by atoms with E-state index < -0.39 is 10.0 Å². The van der Waals surface area contributed by atoms with Crippen LogP contribution in [0.4, 0.5) is 5.95 Å². The van der Waals surface area contributed by atoms with Crippen LogP contribution in [-0.2, 0) is 16.6 Å². The van der Waals surface area contributed by atoms with Crippen LogP contribution in [0, 0.1) is 0 Å². The number of nitrogens with one attached hydrogen (secondary N) is 2. The molecule has 1 aromatic heterocycles. The number of aromatic nitrogens is 2. The molecule has 0 saturated heterocycles. The molecule has 2 N–H and O–H groups in total. The SMILES string of the molecule is CNCc1c(Cl)ccc(S(=O)(=O)Nc2ncccn2)c1Cl. The third-order valence-corrected chi connectivity index (χ3v) is 4.85. The van der Waals surface area contributed by atoms with Crippen molar-refractivity contribution in [3.63, 3.8) is 0 Å². The summed E-state index contributed by atoms with van der Waals surface area (Å²) in [6, 6.07) is 4.41. The fraction of sp³-hybridized carbons (Fsp3) is 0.167.